The number of ketones is 1. The summed E-state index contributed by atoms with van der Waals surface area (Å²) >= 11 is 3.34. The van der Waals surface area contributed by atoms with Crippen LogP contribution in [0.5, 0.6) is 11.5 Å². The topological polar surface area (TPSA) is 35.5 Å². The van der Waals surface area contributed by atoms with Crippen molar-refractivity contribution < 1.29 is 14.3 Å². The van der Waals surface area contributed by atoms with E-state index in [1.54, 1.807) is 13.2 Å². The number of Topliss-reactive ketones (excluding diaryl/α,β-unsaturated/α-hetero) is 1. The first-order valence-electron chi connectivity index (χ1n) is 5.05. The minimum atomic E-state index is -0.358. The summed E-state index contributed by atoms with van der Waals surface area (Å²) in [6, 6.07) is 5.45. The Balaban J connectivity index is 3.11. The summed E-state index contributed by atoms with van der Waals surface area (Å²) < 4.78 is 10.6. The van der Waals surface area contributed by atoms with Crippen molar-refractivity contribution in [1.29, 1.82) is 0 Å². The Hall–Kier alpha value is -1.03. The molecule has 16 heavy (non-hydrogen) atoms. The van der Waals surface area contributed by atoms with E-state index in [2.05, 4.69) is 15.9 Å². The van der Waals surface area contributed by atoms with Crippen molar-refractivity contribution in [3.8, 4) is 11.5 Å². The number of methoxy groups -OCH3 is 1. The predicted octanol–water partition coefficient (Wildman–Crippen LogP) is 3.12. The molecule has 88 valence electrons. The van der Waals surface area contributed by atoms with Crippen LogP contribution in [0.1, 0.15) is 24.2 Å². The summed E-state index contributed by atoms with van der Waals surface area (Å²) in [4.78, 5) is 11.0. The van der Waals surface area contributed by atoms with Gasteiger partial charge < -0.3 is 9.47 Å². The zero-order valence-corrected chi connectivity index (χ0v) is 11.2. The molecule has 1 atom stereocenters. The predicted molar refractivity (Wildman–Crippen MR) is 66.5 cm³/mol. The number of rotatable bonds is 5. The van der Waals surface area contributed by atoms with Gasteiger partial charge in [-0.15, -0.1) is 0 Å². The zero-order chi connectivity index (χ0) is 12.1. The van der Waals surface area contributed by atoms with E-state index in [-0.39, 0.29) is 10.6 Å². The van der Waals surface area contributed by atoms with Crippen molar-refractivity contribution in [1.82, 2.24) is 0 Å². The van der Waals surface area contributed by atoms with Crippen molar-refractivity contribution in [3.05, 3.63) is 23.8 Å². The molecule has 0 aromatic heterocycles. The summed E-state index contributed by atoms with van der Waals surface area (Å²) in [6.07, 6.45) is 0. The number of alkyl halides is 1. The van der Waals surface area contributed by atoms with Crippen LogP contribution < -0.4 is 9.47 Å². The van der Waals surface area contributed by atoms with Crippen molar-refractivity contribution in [2.75, 3.05) is 13.7 Å². The van der Waals surface area contributed by atoms with E-state index in [1.807, 2.05) is 19.1 Å². The number of hydrogen-bond acceptors (Lipinski definition) is 3. The molecule has 1 aromatic carbocycles. The van der Waals surface area contributed by atoms with Gasteiger partial charge in [0.2, 0.25) is 0 Å². The van der Waals surface area contributed by atoms with Crippen molar-refractivity contribution in [3.63, 3.8) is 0 Å². The number of carbonyl (C=O) groups is 1. The van der Waals surface area contributed by atoms with Crippen LogP contribution in [0.3, 0.4) is 0 Å². The monoisotopic (exact) mass is 286 g/mol. The van der Waals surface area contributed by atoms with Gasteiger partial charge in [0, 0.05) is 5.56 Å². The number of benzene rings is 1. The lowest BCUT2D eigenvalue weighted by Crippen LogP contribution is -2.04. The molecule has 0 aliphatic rings. The molecule has 0 heterocycles. The highest BCUT2D eigenvalue weighted by molar-refractivity contribution is 9.09. The summed E-state index contributed by atoms with van der Waals surface area (Å²) in [5, 5.41) is 0. The Bertz CT molecular complexity index is 377. The molecular weight excluding hydrogens is 272 g/mol. The Morgan fingerprint density at radius 2 is 2.19 bits per heavy atom. The van der Waals surface area contributed by atoms with Gasteiger partial charge in [0.05, 0.1) is 13.7 Å². The lowest BCUT2D eigenvalue weighted by atomic mass is 10.1. The Morgan fingerprint density at radius 1 is 1.50 bits per heavy atom. The highest BCUT2D eigenvalue weighted by Gasteiger charge is 2.18. The second kappa shape index (κ2) is 5.89. The van der Waals surface area contributed by atoms with Crippen LogP contribution in [0, 0.1) is 0 Å². The molecule has 4 heteroatoms. The summed E-state index contributed by atoms with van der Waals surface area (Å²) in [5.41, 5.74) is 0.793. The smallest absolute Gasteiger partial charge is 0.147 e. The van der Waals surface area contributed by atoms with Gasteiger partial charge in [-0.25, -0.2) is 0 Å². The van der Waals surface area contributed by atoms with E-state index < -0.39 is 0 Å². The fourth-order valence-corrected chi connectivity index (χ4v) is 1.74. The summed E-state index contributed by atoms with van der Waals surface area (Å²) in [7, 11) is 1.58. The minimum Gasteiger partial charge on any atom is -0.496 e. The van der Waals surface area contributed by atoms with Crippen molar-refractivity contribution in [2.45, 2.75) is 18.7 Å². The lowest BCUT2D eigenvalue weighted by molar-refractivity contribution is -0.116. The molecule has 0 amide bonds. The number of ether oxygens (including phenoxy) is 2. The Labute approximate surface area is 104 Å². The third-order valence-electron chi connectivity index (χ3n) is 2.14. The van der Waals surface area contributed by atoms with E-state index in [0.717, 1.165) is 11.3 Å². The molecule has 0 radical (unpaired) electrons. The summed E-state index contributed by atoms with van der Waals surface area (Å²) in [5.74, 6) is 1.46. The van der Waals surface area contributed by atoms with Gasteiger partial charge in [-0.1, -0.05) is 15.9 Å². The van der Waals surface area contributed by atoms with Gasteiger partial charge in [-0.2, -0.15) is 0 Å². The SMILES string of the molecule is CCOc1ccc(OC)c(C(Br)C(C)=O)c1. The average Bonchev–Trinajstić information content (AvgIpc) is 2.28. The minimum absolute atomic E-state index is 0.0342. The van der Waals surface area contributed by atoms with E-state index in [1.165, 1.54) is 6.92 Å². The number of hydrogen-bond donors (Lipinski definition) is 0. The molecule has 1 aromatic rings. The largest absolute Gasteiger partial charge is 0.496 e. The van der Waals surface area contributed by atoms with Crippen molar-refractivity contribution in [2.24, 2.45) is 0 Å². The lowest BCUT2D eigenvalue weighted by Gasteiger charge is -2.13. The highest BCUT2D eigenvalue weighted by Crippen LogP contribution is 2.34. The Kier molecular flexibility index (Phi) is 4.80. The van der Waals surface area contributed by atoms with Crippen LogP contribution in [0.15, 0.2) is 18.2 Å². The summed E-state index contributed by atoms with van der Waals surface area (Å²) in [6.45, 7) is 4.05. The normalized spacial score (nSPS) is 12.0. The molecule has 0 bridgehead atoms. The van der Waals surface area contributed by atoms with Gasteiger partial charge in [0.25, 0.3) is 0 Å². The second-order valence-electron chi connectivity index (χ2n) is 3.31. The Morgan fingerprint density at radius 3 is 2.69 bits per heavy atom. The molecule has 1 rings (SSSR count). The van der Waals surface area contributed by atoms with Crippen LogP contribution in [-0.4, -0.2) is 19.5 Å². The van der Waals surface area contributed by atoms with E-state index in [9.17, 15) is 4.79 Å². The highest BCUT2D eigenvalue weighted by atomic mass is 79.9. The fraction of sp³-hybridized carbons (Fsp3) is 0.417. The van der Waals surface area contributed by atoms with Gasteiger partial charge >= 0.3 is 0 Å². The average molecular weight is 287 g/mol. The molecular formula is C12H15BrO3. The molecule has 0 aliphatic carbocycles. The molecule has 0 fully saturated rings. The maximum atomic E-state index is 11.3. The first kappa shape index (κ1) is 13.0. The van der Waals surface area contributed by atoms with E-state index in [0.29, 0.717) is 12.4 Å². The van der Waals surface area contributed by atoms with E-state index in [4.69, 9.17) is 9.47 Å². The van der Waals surface area contributed by atoms with Crippen LogP contribution in [0.2, 0.25) is 0 Å². The maximum absolute atomic E-state index is 11.3. The third kappa shape index (κ3) is 2.98. The molecule has 0 N–H and O–H groups in total. The molecule has 0 saturated carbocycles. The number of carbonyl (C=O) groups excluding carboxylic acids is 1. The van der Waals surface area contributed by atoms with Gasteiger partial charge in [-0.05, 0) is 32.0 Å². The standard InChI is InChI=1S/C12H15BrO3/c1-4-16-9-5-6-11(15-3)10(7-9)12(13)8(2)14/h5-7,12H,4H2,1-3H3. The van der Waals surface area contributed by atoms with Crippen LogP contribution in [-0.2, 0) is 4.79 Å². The molecule has 0 saturated heterocycles. The van der Waals surface area contributed by atoms with Gasteiger partial charge in [0.1, 0.15) is 22.1 Å². The van der Waals surface area contributed by atoms with Crippen LogP contribution in [0.4, 0.5) is 0 Å². The van der Waals surface area contributed by atoms with Gasteiger partial charge in [0.15, 0.2) is 0 Å². The van der Waals surface area contributed by atoms with Crippen LogP contribution in [0.25, 0.3) is 0 Å². The second-order valence-corrected chi connectivity index (χ2v) is 4.23. The third-order valence-corrected chi connectivity index (χ3v) is 3.28. The molecule has 3 nitrogen and oxygen atoms in total. The first-order chi connectivity index (χ1) is 7.60. The molecule has 0 aliphatic heterocycles. The van der Waals surface area contributed by atoms with Crippen molar-refractivity contribution >= 4 is 21.7 Å². The molecule has 0 spiro atoms. The maximum Gasteiger partial charge on any atom is 0.147 e. The zero-order valence-electron chi connectivity index (χ0n) is 9.62. The first-order valence-corrected chi connectivity index (χ1v) is 5.97. The van der Waals surface area contributed by atoms with E-state index >= 15 is 0 Å². The molecule has 1 unspecified atom stereocenters. The van der Waals surface area contributed by atoms with Gasteiger partial charge in [-0.3, -0.25) is 4.79 Å². The van der Waals surface area contributed by atoms with Crippen LogP contribution >= 0.6 is 15.9 Å². The number of halogens is 1. The fourth-order valence-electron chi connectivity index (χ4n) is 1.39. The quantitative estimate of drug-likeness (QED) is 0.780.